The largest absolute Gasteiger partial charge is 0.481 e. The van der Waals surface area contributed by atoms with Gasteiger partial charge in [0.15, 0.2) is 0 Å². The molecule has 0 heterocycles. The maximum atomic E-state index is 12.7. The summed E-state index contributed by atoms with van der Waals surface area (Å²) in [6.45, 7) is 1.88. The van der Waals surface area contributed by atoms with Gasteiger partial charge in [-0.2, -0.15) is 0 Å². The van der Waals surface area contributed by atoms with E-state index >= 15 is 0 Å². The van der Waals surface area contributed by atoms with Crippen LogP contribution in [0.5, 0.6) is 0 Å². The molecule has 0 bridgehead atoms. The van der Waals surface area contributed by atoms with E-state index in [4.69, 9.17) is 10.8 Å². The molecule has 2 rings (SSSR count). The molecule has 0 saturated heterocycles. The third-order valence-corrected chi connectivity index (χ3v) is 3.75. The molecule has 1 fully saturated rings. The van der Waals surface area contributed by atoms with E-state index in [1.807, 2.05) is 18.2 Å². The highest BCUT2D eigenvalue weighted by Gasteiger charge is 2.46. The van der Waals surface area contributed by atoms with E-state index in [-0.39, 0.29) is 24.8 Å². The van der Waals surface area contributed by atoms with Gasteiger partial charge in [0.05, 0.1) is 12.0 Å². The van der Waals surface area contributed by atoms with Crippen molar-refractivity contribution in [3.63, 3.8) is 0 Å². The van der Waals surface area contributed by atoms with Crippen LogP contribution in [0.1, 0.15) is 26.2 Å². The first-order chi connectivity index (χ1) is 9.43. The van der Waals surface area contributed by atoms with Gasteiger partial charge in [0.2, 0.25) is 5.91 Å². The topological polar surface area (TPSA) is 83.6 Å². The van der Waals surface area contributed by atoms with Gasteiger partial charge >= 0.3 is 5.97 Å². The second-order valence-corrected chi connectivity index (χ2v) is 5.49. The Kier molecular flexibility index (Phi) is 4.09. The molecule has 1 aliphatic carbocycles. The quantitative estimate of drug-likeness (QED) is 0.827. The molecular formula is C15H20N2O3. The molecule has 1 atom stereocenters. The van der Waals surface area contributed by atoms with Crippen LogP contribution < -0.4 is 10.6 Å². The number of nitrogens with two attached hydrogens (primary N) is 1. The van der Waals surface area contributed by atoms with E-state index in [2.05, 4.69) is 0 Å². The zero-order chi connectivity index (χ0) is 14.8. The second-order valence-electron chi connectivity index (χ2n) is 5.49. The molecule has 0 aromatic heterocycles. The Morgan fingerprint density at radius 3 is 2.45 bits per heavy atom. The third kappa shape index (κ3) is 3.17. The fourth-order valence-corrected chi connectivity index (χ4v) is 2.31. The number of carboxylic acids is 1. The van der Waals surface area contributed by atoms with Crippen molar-refractivity contribution in [2.24, 2.45) is 11.7 Å². The number of hydrogen-bond donors (Lipinski definition) is 2. The molecule has 0 spiro atoms. The van der Waals surface area contributed by atoms with Gasteiger partial charge in [-0.15, -0.1) is 0 Å². The summed E-state index contributed by atoms with van der Waals surface area (Å²) in [5, 5.41) is 8.85. The molecule has 1 saturated carbocycles. The monoisotopic (exact) mass is 276 g/mol. The summed E-state index contributed by atoms with van der Waals surface area (Å²) in [6, 6.07) is 9.08. The van der Waals surface area contributed by atoms with Crippen molar-refractivity contribution in [1.29, 1.82) is 0 Å². The van der Waals surface area contributed by atoms with Crippen molar-refractivity contribution < 1.29 is 14.7 Å². The van der Waals surface area contributed by atoms with E-state index in [1.165, 1.54) is 4.90 Å². The Hall–Kier alpha value is -1.88. The highest BCUT2D eigenvalue weighted by atomic mass is 16.4. The Balaban J connectivity index is 2.21. The number of benzene rings is 1. The first kappa shape index (κ1) is 14.5. The number of carbonyl (C=O) groups excluding carboxylic acids is 1. The summed E-state index contributed by atoms with van der Waals surface area (Å²) in [7, 11) is 0. The smallest absolute Gasteiger partial charge is 0.305 e. The van der Waals surface area contributed by atoms with Crippen molar-refractivity contribution in [2.75, 3.05) is 11.4 Å². The lowest BCUT2D eigenvalue weighted by molar-refractivity contribution is -0.136. The number of nitrogens with zero attached hydrogens (tertiary/aromatic N) is 1. The number of amides is 1. The molecule has 1 aromatic carbocycles. The average Bonchev–Trinajstić information content (AvgIpc) is 3.24. The average molecular weight is 276 g/mol. The first-order valence-electron chi connectivity index (χ1n) is 6.80. The zero-order valence-electron chi connectivity index (χ0n) is 11.6. The van der Waals surface area contributed by atoms with Gasteiger partial charge in [-0.3, -0.25) is 9.59 Å². The second kappa shape index (κ2) is 5.63. The van der Waals surface area contributed by atoms with Crippen LogP contribution in [0.3, 0.4) is 0 Å². The highest BCUT2D eigenvalue weighted by molar-refractivity contribution is 6.00. The zero-order valence-corrected chi connectivity index (χ0v) is 11.6. The van der Waals surface area contributed by atoms with Crippen LogP contribution in [-0.2, 0) is 9.59 Å². The Morgan fingerprint density at radius 1 is 1.35 bits per heavy atom. The van der Waals surface area contributed by atoms with Crippen molar-refractivity contribution in [2.45, 2.75) is 31.7 Å². The van der Waals surface area contributed by atoms with Crippen LogP contribution in [0.2, 0.25) is 0 Å². The summed E-state index contributed by atoms with van der Waals surface area (Å²) in [5.41, 5.74) is 5.94. The van der Waals surface area contributed by atoms with E-state index in [0.29, 0.717) is 5.69 Å². The lowest BCUT2D eigenvalue weighted by Gasteiger charge is -2.31. The summed E-state index contributed by atoms with van der Waals surface area (Å²) in [6.07, 6.45) is 1.82. The van der Waals surface area contributed by atoms with Crippen LogP contribution in [0, 0.1) is 5.92 Å². The number of carboxylic acid groups (broad SMARTS) is 1. The fourth-order valence-electron chi connectivity index (χ4n) is 2.31. The molecule has 0 radical (unpaired) electrons. The maximum absolute atomic E-state index is 12.7. The predicted molar refractivity (Wildman–Crippen MR) is 76.4 cm³/mol. The molecule has 1 amide bonds. The Bertz CT molecular complexity index is 495. The van der Waals surface area contributed by atoms with E-state index in [9.17, 15) is 9.59 Å². The van der Waals surface area contributed by atoms with Gasteiger partial charge in [0, 0.05) is 12.2 Å². The minimum Gasteiger partial charge on any atom is -0.481 e. The van der Waals surface area contributed by atoms with Crippen LogP contribution in [0.15, 0.2) is 30.3 Å². The molecule has 1 aromatic rings. The van der Waals surface area contributed by atoms with Gasteiger partial charge in [-0.05, 0) is 37.8 Å². The van der Waals surface area contributed by atoms with Gasteiger partial charge in [0.25, 0.3) is 0 Å². The highest BCUT2D eigenvalue weighted by Crippen LogP contribution is 2.39. The molecule has 20 heavy (non-hydrogen) atoms. The van der Waals surface area contributed by atoms with E-state index in [1.54, 1.807) is 19.1 Å². The predicted octanol–water partition coefficient (Wildman–Crippen LogP) is 1.62. The SMILES string of the molecule is CC(N)(C(=O)N(CCC(=O)O)c1ccccc1)C1CC1. The summed E-state index contributed by atoms with van der Waals surface area (Å²) >= 11 is 0. The van der Waals surface area contributed by atoms with E-state index in [0.717, 1.165) is 12.8 Å². The van der Waals surface area contributed by atoms with Gasteiger partial charge < -0.3 is 15.7 Å². The number of carbonyl (C=O) groups is 2. The number of para-hydroxylation sites is 1. The molecule has 1 unspecified atom stereocenters. The maximum Gasteiger partial charge on any atom is 0.305 e. The Labute approximate surface area is 118 Å². The van der Waals surface area contributed by atoms with Crippen molar-refractivity contribution in [3.8, 4) is 0 Å². The van der Waals surface area contributed by atoms with Crippen molar-refractivity contribution in [3.05, 3.63) is 30.3 Å². The fraction of sp³-hybridized carbons (Fsp3) is 0.467. The number of hydrogen-bond acceptors (Lipinski definition) is 3. The standard InChI is InChI=1S/C15H20N2O3/c1-15(16,11-7-8-11)14(20)17(10-9-13(18)19)12-5-3-2-4-6-12/h2-6,11H,7-10,16H2,1H3,(H,18,19). The van der Waals surface area contributed by atoms with Gasteiger partial charge in [-0.1, -0.05) is 18.2 Å². The van der Waals surface area contributed by atoms with Crippen molar-refractivity contribution >= 4 is 17.6 Å². The first-order valence-corrected chi connectivity index (χ1v) is 6.80. The summed E-state index contributed by atoms with van der Waals surface area (Å²) < 4.78 is 0. The number of anilines is 1. The lowest BCUT2D eigenvalue weighted by atomic mass is 9.95. The molecule has 3 N–H and O–H groups in total. The van der Waals surface area contributed by atoms with Crippen LogP contribution >= 0.6 is 0 Å². The van der Waals surface area contributed by atoms with Gasteiger partial charge in [0.1, 0.15) is 0 Å². The molecule has 0 aliphatic heterocycles. The van der Waals surface area contributed by atoms with Gasteiger partial charge in [-0.25, -0.2) is 0 Å². The molecule has 1 aliphatic rings. The third-order valence-electron chi connectivity index (χ3n) is 3.75. The van der Waals surface area contributed by atoms with Crippen molar-refractivity contribution in [1.82, 2.24) is 0 Å². The minimum atomic E-state index is -0.927. The number of aliphatic carboxylic acids is 1. The molecule has 5 nitrogen and oxygen atoms in total. The van der Waals surface area contributed by atoms with Crippen LogP contribution in [0.4, 0.5) is 5.69 Å². The van der Waals surface area contributed by atoms with Crippen LogP contribution in [0.25, 0.3) is 0 Å². The number of rotatable bonds is 6. The lowest BCUT2D eigenvalue weighted by Crippen LogP contribution is -2.55. The van der Waals surface area contributed by atoms with Crippen LogP contribution in [-0.4, -0.2) is 29.1 Å². The minimum absolute atomic E-state index is 0.0959. The Morgan fingerprint density at radius 2 is 1.95 bits per heavy atom. The summed E-state index contributed by atoms with van der Waals surface area (Å²) in [4.78, 5) is 24.9. The summed E-state index contributed by atoms with van der Waals surface area (Å²) in [5.74, 6) is -0.928. The molecule has 5 heteroatoms. The molecular weight excluding hydrogens is 256 g/mol. The van der Waals surface area contributed by atoms with E-state index < -0.39 is 11.5 Å². The normalized spacial score (nSPS) is 17.3. The molecule has 108 valence electrons.